The molecule has 2 N–H and O–H groups in total. The van der Waals surface area contributed by atoms with E-state index in [1.54, 1.807) is 19.3 Å². The lowest BCUT2D eigenvalue weighted by molar-refractivity contribution is -0.138. The van der Waals surface area contributed by atoms with E-state index in [0.717, 1.165) is 57.2 Å². The van der Waals surface area contributed by atoms with Gasteiger partial charge in [0, 0.05) is 50.9 Å². The number of alkyl halides is 3. The highest BCUT2D eigenvalue weighted by atomic mass is 19.4. The average molecular weight is 449 g/mol. The van der Waals surface area contributed by atoms with Crippen molar-refractivity contribution in [2.75, 3.05) is 38.1 Å². The van der Waals surface area contributed by atoms with Crippen molar-refractivity contribution in [2.24, 2.45) is 0 Å². The number of hydrogen-bond donors (Lipinski definition) is 2. The first-order valence-electron chi connectivity index (χ1n) is 10.7. The summed E-state index contributed by atoms with van der Waals surface area (Å²) in [6.07, 6.45) is -0.300. The highest BCUT2D eigenvalue weighted by Crippen LogP contribution is 2.37. The molecule has 2 fully saturated rings. The van der Waals surface area contributed by atoms with Crippen molar-refractivity contribution in [2.45, 2.75) is 37.4 Å². The van der Waals surface area contributed by atoms with E-state index in [-0.39, 0.29) is 11.8 Å². The number of carbonyl (C=O) groups excluding carboxylic acids is 1. The Morgan fingerprint density at radius 3 is 2.47 bits per heavy atom. The Morgan fingerprint density at radius 1 is 1.12 bits per heavy atom. The highest BCUT2D eigenvalue weighted by molar-refractivity contribution is 5.92. The molecule has 0 spiro atoms. The number of H-pyrrole nitrogens is 1. The second-order valence-electron chi connectivity index (χ2n) is 8.32. The third-order valence-corrected chi connectivity index (χ3v) is 6.49. The minimum atomic E-state index is -4.64. The summed E-state index contributed by atoms with van der Waals surface area (Å²) in [6, 6.07) is 6.27. The van der Waals surface area contributed by atoms with Gasteiger partial charge in [-0.2, -0.15) is 13.2 Å². The number of piperazine rings is 1. The van der Waals surface area contributed by atoms with Crippen LogP contribution in [0.4, 0.5) is 18.9 Å². The molecule has 2 aromatic heterocycles. The molecule has 2 atom stereocenters. The van der Waals surface area contributed by atoms with Gasteiger partial charge in [0.1, 0.15) is 11.3 Å². The zero-order valence-electron chi connectivity index (χ0n) is 17.8. The predicted molar refractivity (Wildman–Crippen MR) is 114 cm³/mol. The van der Waals surface area contributed by atoms with Gasteiger partial charge in [-0.3, -0.25) is 14.5 Å². The molecule has 0 radical (unpaired) electrons. The molecule has 32 heavy (non-hydrogen) atoms. The normalized spacial score (nSPS) is 22.2. The molecule has 2 aromatic rings. The highest BCUT2D eigenvalue weighted by Gasteiger charge is 2.36. The number of amides is 1. The summed E-state index contributed by atoms with van der Waals surface area (Å²) in [5.41, 5.74) is -0.267. The molecule has 1 amide bonds. The maximum Gasteiger partial charge on any atom is 0.421 e. The SMILES string of the molecule is CNC(=O)c1ccc(N2CCN([C@@H]3CC[C@@H](c4ccc(C(F)(F)F)c(=O)[nH]4)C3)CC2)cn1. The van der Waals surface area contributed by atoms with Crippen molar-refractivity contribution in [1.82, 2.24) is 20.2 Å². The van der Waals surface area contributed by atoms with E-state index in [1.807, 2.05) is 6.07 Å². The zero-order chi connectivity index (χ0) is 22.9. The van der Waals surface area contributed by atoms with Crippen molar-refractivity contribution >= 4 is 11.6 Å². The Hall–Kier alpha value is -2.88. The van der Waals surface area contributed by atoms with Crippen LogP contribution in [0.1, 0.15) is 46.9 Å². The lowest BCUT2D eigenvalue weighted by Gasteiger charge is -2.39. The fourth-order valence-electron chi connectivity index (χ4n) is 4.70. The van der Waals surface area contributed by atoms with Gasteiger partial charge in [0.25, 0.3) is 11.5 Å². The molecule has 7 nitrogen and oxygen atoms in total. The second-order valence-corrected chi connectivity index (χ2v) is 8.32. The summed E-state index contributed by atoms with van der Waals surface area (Å²) in [4.78, 5) is 34.8. The first-order chi connectivity index (χ1) is 15.3. The summed E-state index contributed by atoms with van der Waals surface area (Å²) in [6.45, 7) is 3.41. The molecule has 0 unspecified atom stereocenters. The van der Waals surface area contributed by atoms with Crippen LogP contribution in [-0.4, -0.2) is 60.0 Å². The molecule has 2 aliphatic rings. The number of hydrogen-bond acceptors (Lipinski definition) is 5. The van der Waals surface area contributed by atoms with Gasteiger partial charge >= 0.3 is 6.18 Å². The zero-order valence-corrected chi connectivity index (χ0v) is 17.8. The van der Waals surface area contributed by atoms with Gasteiger partial charge in [-0.15, -0.1) is 0 Å². The van der Waals surface area contributed by atoms with E-state index in [2.05, 4.69) is 25.1 Å². The van der Waals surface area contributed by atoms with Crippen LogP contribution >= 0.6 is 0 Å². The van der Waals surface area contributed by atoms with E-state index in [1.165, 1.54) is 6.07 Å². The van der Waals surface area contributed by atoms with Crippen LogP contribution in [0.15, 0.2) is 35.3 Å². The van der Waals surface area contributed by atoms with E-state index in [0.29, 0.717) is 17.4 Å². The molecular formula is C22H26F3N5O2. The number of nitrogens with zero attached hydrogens (tertiary/aromatic N) is 3. The molecule has 172 valence electrons. The smallest absolute Gasteiger partial charge is 0.368 e. The predicted octanol–water partition coefficient (Wildman–Crippen LogP) is 2.61. The van der Waals surface area contributed by atoms with Crippen molar-refractivity contribution in [1.29, 1.82) is 0 Å². The van der Waals surface area contributed by atoms with Crippen LogP contribution in [0.5, 0.6) is 0 Å². The van der Waals surface area contributed by atoms with Crippen LogP contribution in [0, 0.1) is 0 Å². The van der Waals surface area contributed by atoms with Crippen molar-refractivity contribution < 1.29 is 18.0 Å². The summed E-state index contributed by atoms with van der Waals surface area (Å²) < 4.78 is 38.5. The third kappa shape index (κ3) is 4.64. The number of anilines is 1. The Morgan fingerprint density at radius 2 is 1.88 bits per heavy atom. The molecule has 3 heterocycles. The van der Waals surface area contributed by atoms with Crippen molar-refractivity contribution in [3.8, 4) is 0 Å². The lowest BCUT2D eigenvalue weighted by Crippen LogP contribution is -2.49. The average Bonchev–Trinajstić information content (AvgIpc) is 3.28. The van der Waals surface area contributed by atoms with E-state index in [9.17, 15) is 22.8 Å². The summed E-state index contributed by atoms with van der Waals surface area (Å²) in [7, 11) is 1.57. The monoisotopic (exact) mass is 449 g/mol. The maximum atomic E-state index is 12.8. The fourth-order valence-corrected chi connectivity index (χ4v) is 4.70. The quantitative estimate of drug-likeness (QED) is 0.750. The van der Waals surface area contributed by atoms with Gasteiger partial charge in [0.15, 0.2) is 0 Å². The van der Waals surface area contributed by atoms with Crippen LogP contribution in [-0.2, 0) is 6.18 Å². The van der Waals surface area contributed by atoms with E-state index >= 15 is 0 Å². The van der Waals surface area contributed by atoms with E-state index in [4.69, 9.17) is 0 Å². The molecule has 1 aliphatic carbocycles. The number of aromatic nitrogens is 2. The van der Waals surface area contributed by atoms with Crippen LogP contribution in [0.25, 0.3) is 0 Å². The number of nitrogens with one attached hydrogen (secondary N) is 2. The van der Waals surface area contributed by atoms with Crippen LogP contribution in [0.2, 0.25) is 0 Å². The molecule has 1 saturated carbocycles. The summed E-state index contributed by atoms with van der Waals surface area (Å²) in [5.74, 6) is -0.152. The van der Waals surface area contributed by atoms with Gasteiger partial charge in [-0.25, -0.2) is 4.98 Å². The minimum absolute atomic E-state index is 0.0643. The Kier molecular flexibility index (Phi) is 6.23. The van der Waals surface area contributed by atoms with Gasteiger partial charge in [-0.05, 0) is 43.5 Å². The summed E-state index contributed by atoms with van der Waals surface area (Å²) in [5, 5.41) is 2.55. The molecule has 0 bridgehead atoms. The Balaban J connectivity index is 1.33. The first-order valence-corrected chi connectivity index (χ1v) is 10.7. The number of halogens is 3. The topological polar surface area (TPSA) is 81.3 Å². The molecule has 1 aliphatic heterocycles. The van der Waals surface area contributed by atoms with Crippen molar-refractivity contribution in [3.05, 3.63) is 57.8 Å². The van der Waals surface area contributed by atoms with Gasteiger partial charge in [0.2, 0.25) is 0 Å². The van der Waals surface area contributed by atoms with Gasteiger partial charge in [-0.1, -0.05) is 0 Å². The van der Waals surface area contributed by atoms with E-state index < -0.39 is 17.3 Å². The molecule has 4 rings (SSSR count). The Bertz CT molecular complexity index is 1010. The lowest BCUT2D eigenvalue weighted by atomic mass is 10.0. The molecular weight excluding hydrogens is 423 g/mol. The van der Waals surface area contributed by atoms with Gasteiger partial charge in [0.05, 0.1) is 11.9 Å². The number of rotatable bonds is 4. The van der Waals surface area contributed by atoms with Gasteiger partial charge < -0.3 is 15.2 Å². The second kappa shape index (κ2) is 8.93. The van der Waals surface area contributed by atoms with Crippen LogP contribution < -0.4 is 15.8 Å². The minimum Gasteiger partial charge on any atom is -0.368 e. The molecule has 10 heteroatoms. The first kappa shape index (κ1) is 22.3. The van der Waals surface area contributed by atoms with Crippen LogP contribution in [0.3, 0.4) is 0 Å². The number of carbonyl (C=O) groups is 1. The standard InChI is InChI=1S/C22H26F3N5O2/c1-26-21(32)19-6-4-16(13-27-19)30-10-8-29(9-11-30)15-3-2-14(12-15)18-7-5-17(20(31)28-18)22(23,24)25/h4-7,13-15H,2-3,8-12H2,1H3,(H,26,32)(H,28,31)/t14-,15-/m1/s1. The molecule has 1 saturated heterocycles. The summed E-state index contributed by atoms with van der Waals surface area (Å²) >= 11 is 0. The third-order valence-electron chi connectivity index (χ3n) is 6.49. The Labute approximate surface area is 183 Å². The number of pyridine rings is 2. The molecule has 0 aromatic carbocycles. The van der Waals surface area contributed by atoms with Crippen molar-refractivity contribution in [3.63, 3.8) is 0 Å². The largest absolute Gasteiger partial charge is 0.421 e. The number of aromatic amines is 1. The fraction of sp³-hybridized carbons (Fsp3) is 0.500. The maximum absolute atomic E-state index is 12.8.